The summed E-state index contributed by atoms with van der Waals surface area (Å²) in [5, 5.41) is 4.37. The van der Waals surface area contributed by atoms with Crippen molar-refractivity contribution in [2.75, 3.05) is 26.2 Å². The van der Waals surface area contributed by atoms with Crippen LogP contribution in [-0.4, -0.2) is 42.0 Å². The number of benzene rings is 1. The number of aromatic nitrogens is 1. The van der Waals surface area contributed by atoms with Crippen LogP contribution in [0.1, 0.15) is 32.3 Å². The molecule has 0 spiro atoms. The van der Waals surface area contributed by atoms with Gasteiger partial charge in [-0.3, -0.25) is 4.99 Å². The molecule has 1 fully saturated rings. The predicted molar refractivity (Wildman–Crippen MR) is 113 cm³/mol. The van der Waals surface area contributed by atoms with Gasteiger partial charge >= 0.3 is 0 Å². The zero-order chi connectivity index (χ0) is 16.9. The summed E-state index contributed by atoms with van der Waals surface area (Å²) in [4.78, 5) is 10.4. The molecule has 1 atom stereocenters. The third-order valence-corrected chi connectivity index (χ3v) is 4.66. The van der Waals surface area contributed by atoms with Crippen LogP contribution in [0.2, 0.25) is 0 Å². The summed E-state index contributed by atoms with van der Waals surface area (Å²) in [5.41, 5.74) is 2.10. The van der Waals surface area contributed by atoms with Gasteiger partial charge < -0.3 is 15.2 Å². The molecule has 1 aromatic carbocycles. The fraction of sp³-hybridized carbons (Fsp3) is 0.526. The van der Waals surface area contributed by atoms with Crippen molar-refractivity contribution < 1.29 is 4.39 Å². The largest absolute Gasteiger partial charge is 0.361 e. The van der Waals surface area contributed by atoms with E-state index in [0.29, 0.717) is 6.54 Å². The van der Waals surface area contributed by atoms with Gasteiger partial charge in [-0.25, -0.2) is 4.39 Å². The van der Waals surface area contributed by atoms with Crippen LogP contribution in [0.15, 0.2) is 29.4 Å². The molecular weight excluding hydrogens is 430 g/mol. The quantitative estimate of drug-likeness (QED) is 0.411. The summed E-state index contributed by atoms with van der Waals surface area (Å²) in [6.45, 7) is 8.14. The molecule has 4 nitrogen and oxygen atoms in total. The zero-order valence-electron chi connectivity index (χ0n) is 15.0. The van der Waals surface area contributed by atoms with Gasteiger partial charge in [0.05, 0.1) is 0 Å². The summed E-state index contributed by atoms with van der Waals surface area (Å²) < 4.78 is 13.5. The second kappa shape index (κ2) is 9.40. The second-order valence-electron chi connectivity index (χ2n) is 6.68. The lowest BCUT2D eigenvalue weighted by molar-refractivity contribution is 0.266. The highest BCUT2D eigenvalue weighted by molar-refractivity contribution is 14.0. The average molecular weight is 458 g/mol. The number of aliphatic imine (C=N–C) groups is 1. The Bertz CT molecular complexity index is 713. The zero-order valence-corrected chi connectivity index (χ0v) is 17.3. The first-order valence-corrected chi connectivity index (χ1v) is 8.96. The minimum absolute atomic E-state index is 0. The minimum atomic E-state index is -0.192. The van der Waals surface area contributed by atoms with Crippen LogP contribution in [0.4, 0.5) is 4.39 Å². The highest BCUT2D eigenvalue weighted by Gasteiger charge is 2.19. The monoisotopic (exact) mass is 458 g/mol. The van der Waals surface area contributed by atoms with E-state index in [9.17, 15) is 4.39 Å². The number of piperidine rings is 1. The van der Waals surface area contributed by atoms with E-state index in [2.05, 4.69) is 29.0 Å². The first kappa shape index (κ1) is 20.0. The summed E-state index contributed by atoms with van der Waals surface area (Å²) in [6, 6.07) is 4.88. The summed E-state index contributed by atoms with van der Waals surface area (Å²) in [7, 11) is 0. The van der Waals surface area contributed by atoms with Crippen molar-refractivity contribution in [3.8, 4) is 0 Å². The molecule has 0 amide bonds. The van der Waals surface area contributed by atoms with E-state index in [1.165, 1.54) is 18.9 Å². The van der Waals surface area contributed by atoms with E-state index in [1.807, 2.05) is 6.20 Å². The molecule has 0 aliphatic carbocycles. The number of hydrogen-bond acceptors (Lipinski definition) is 1. The molecule has 2 heterocycles. The molecule has 2 aromatic rings. The van der Waals surface area contributed by atoms with Crippen LogP contribution in [0.25, 0.3) is 10.9 Å². The molecule has 1 aromatic heterocycles. The number of H-pyrrole nitrogens is 1. The Hall–Kier alpha value is -1.31. The van der Waals surface area contributed by atoms with E-state index in [-0.39, 0.29) is 29.8 Å². The lowest BCUT2D eigenvalue weighted by Crippen LogP contribution is -2.46. The first-order chi connectivity index (χ1) is 11.7. The topological polar surface area (TPSA) is 43.4 Å². The molecule has 3 rings (SSSR count). The molecule has 1 saturated heterocycles. The maximum Gasteiger partial charge on any atom is 0.193 e. The maximum absolute atomic E-state index is 13.5. The molecule has 138 valence electrons. The lowest BCUT2D eigenvalue weighted by Gasteiger charge is -2.33. The van der Waals surface area contributed by atoms with Gasteiger partial charge in [0.15, 0.2) is 5.96 Å². The number of guanidine groups is 1. The Kier molecular flexibility index (Phi) is 7.53. The highest BCUT2D eigenvalue weighted by Crippen LogP contribution is 2.20. The average Bonchev–Trinajstić information content (AvgIpc) is 2.96. The van der Waals surface area contributed by atoms with E-state index >= 15 is 0 Å². The summed E-state index contributed by atoms with van der Waals surface area (Å²) in [5.74, 6) is 1.54. The van der Waals surface area contributed by atoms with Crippen molar-refractivity contribution in [3.63, 3.8) is 0 Å². The molecular formula is C19H28FIN4. The van der Waals surface area contributed by atoms with Crippen LogP contribution in [-0.2, 0) is 6.42 Å². The van der Waals surface area contributed by atoms with Gasteiger partial charge in [-0.1, -0.05) is 6.92 Å². The fourth-order valence-corrected chi connectivity index (χ4v) is 3.45. The number of fused-ring (bicyclic) bond motifs is 1. The van der Waals surface area contributed by atoms with Gasteiger partial charge in [0.2, 0.25) is 0 Å². The third kappa shape index (κ3) is 5.09. The number of rotatable bonds is 4. The van der Waals surface area contributed by atoms with Gasteiger partial charge in [0, 0.05) is 43.3 Å². The molecule has 6 heteroatoms. The van der Waals surface area contributed by atoms with Gasteiger partial charge in [-0.2, -0.15) is 0 Å². The van der Waals surface area contributed by atoms with Gasteiger partial charge in [0.25, 0.3) is 0 Å². The van der Waals surface area contributed by atoms with Crippen molar-refractivity contribution in [1.82, 2.24) is 15.2 Å². The standard InChI is InChI=1S/C19H27FN4.HI/c1-3-21-19(24-10-4-5-14(2)13-24)22-9-8-15-12-23-18-7-6-16(20)11-17(15)18;/h6-7,11-12,14,23H,3-5,8-10,13H2,1-2H3,(H,21,22);1H. The Morgan fingerprint density at radius 2 is 2.28 bits per heavy atom. The molecule has 1 aliphatic rings. The first-order valence-electron chi connectivity index (χ1n) is 8.96. The van der Waals surface area contributed by atoms with E-state index in [0.717, 1.165) is 54.4 Å². The van der Waals surface area contributed by atoms with Crippen LogP contribution in [0, 0.1) is 11.7 Å². The Balaban J connectivity index is 0.00000225. The Morgan fingerprint density at radius 3 is 3.04 bits per heavy atom. The van der Waals surface area contributed by atoms with Crippen LogP contribution >= 0.6 is 24.0 Å². The van der Waals surface area contributed by atoms with E-state index < -0.39 is 0 Å². The molecule has 1 unspecified atom stereocenters. The SMILES string of the molecule is CCNC(=NCCc1c[nH]c2ccc(F)cc12)N1CCCC(C)C1.I. The van der Waals surface area contributed by atoms with E-state index in [4.69, 9.17) is 4.99 Å². The van der Waals surface area contributed by atoms with Crippen molar-refractivity contribution >= 4 is 40.8 Å². The third-order valence-electron chi connectivity index (χ3n) is 4.66. The lowest BCUT2D eigenvalue weighted by atomic mass is 10.0. The van der Waals surface area contributed by atoms with Crippen molar-refractivity contribution in [2.45, 2.75) is 33.1 Å². The van der Waals surface area contributed by atoms with Crippen molar-refractivity contribution in [1.29, 1.82) is 0 Å². The molecule has 0 radical (unpaired) electrons. The van der Waals surface area contributed by atoms with Crippen LogP contribution < -0.4 is 5.32 Å². The van der Waals surface area contributed by atoms with E-state index in [1.54, 1.807) is 12.1 Å². The predicted octanol–water partition coefficient (Wildman–Crippen LogP) is 4.16. The number of nitrogens with zero attached hydrogens (tertiary/aromatic N) is 2. The van der Waals surface area contributed by atoms with Crippen molar-refractivity contribution in [2.24, 2.45) is 10.9 Å². The highest BCUT2D eigenvalue weighted by atomic mass is 127. The second-order valence-corrected chi connectivity index (χ2v) is 6.68. The molecule has 0 saturated carbocycles. The molecule has 2 N–H and O–H groups in total. The van der Waals surface area contributed by atoms with Gasteiger partial charge in [-0.15, -0.1) is 24.0 Å². The fourth-order valence-electron chi connectivity index (χ4n) is 3.45. The smallest absolute Gasteiger partial charge is 0.193 e. The summed E-state index contributed by atoms with van der Waals surface area (Å²) in [6.07, 6.45) is 5.31. The number of halogens is 2. The molecule has 25 heavy (non-hydrogen) atoms. The van der Waals surface area contributed by atoms with Gasteiger partial charge in [-0.05, 0) is 55.9 Å². The normalized spacial score (nSPS) is 18.3. The van der Waals surface area contributed by atoms with Crippen molar-refractivity contribution in [3.05, 3.63) is 35.8 Å². The number of hydrogen-bond donors (Lipinski definition) is 2. The van der Waals surface area contributed by atoms with Crippen LogP contribution in [0.3, 0.4) is 0 Å². The van der Waals surface area contributed by atoms with Gasteiger partial charge in [0.1, 0.15) is 5.82 Å². The number of nitrogens with one attached hydrogen (secondary N) is 2. The number of aromatic amines is 1. The van der Waals surface area contributed by atoms with Crippen LogP contribution in [0.5, 0.6) is 0 Å². The summed E-state index contributed by atoms with van der Waals surface area (Å²) >= 11 is 0. The Morgan fingerprint density at radius 1 is 1.44 bits per heavy atom. The maximum atomic E-state index is 13.5. The molecule has 1 aliphatic heterocycles. The minimum Gasteiger partial charge on any atom is -0.361 e. The molecule has 0 bridgehead atoms. The number of likely N-dealkylation sites (tertiary alicyclic amines) is 1. The Labute approximate surface area is 166 Å².